The molecule has 1 heterocycles. The van der Waals surface area contributed by atoms with Crippen LogP contribution in [0.2, 0.25) is 0 Å². The number of hydrogen-bond donors (Lipinski definition) is 2. The number of amides is 1. The van der Waals surface area contributed by atoms with Gasteiger partial charge in [0.2, 0.25) is 0 Å². The van der Waals surface area contributed by atoms with Crippen LogP contribution in [0.5, 0.6) is 11.5 Å². The minimum absolute atomic E-state index is 0.0313. The molecule has 3 aromatic rings. The molecule has 1 saturated carbocycles. The van der Waals surface area contributed by atoms with Gasteiger partial charge in [-0.25, -0.2) is 9.78 Å². The largest absolute Gasteiger partial charge is 0.573 e. The third-order valence-corrected chi connectivity index (χ3v) is 6.31. The van der Waals surface area contributed by atoms with Crippen LogP contribution in [-0.2, 0) is 14.3 Å². The highest BCUT2D eigenvalue weighted by molar-refractivity contribution is 5.85. The summed E-state index contributed by atoms with van der Waals surface area (Å²) in [4.78, 5) is 28.8. The summed E-state index contributed by atoms with van der Waals surface area (Å²) >= 11 is 0. The zero-order chi connectivity index (χ0) is 29.8. The van der Waals surface area contributed by atoms with E-state index in [2.05, 4.69) is 25.1 Å². The number of benzene rings is 2. The second-order valence-electron chi connectivity index (χ2n) is 9.42. The monoisotopic (exact) mass is 585 g/mol. The molecule has 4 rings (SSSR count). The van der Waals surface area contributed by atoms with Crippen molar-refractivity contribution in [3.05, 3.63) is 60.2 Å². The molecule has 0 saturated heterocycles. The van der Waals surface area contributed by atoms with Crippen LogP contribution in [0, 0.1) is 6.92 Å². The van der Waals surface area contributed by atoms with Gasteiger partial charge in [0.05, 0.1) is 5.52 Å². The third kappa shape index (κ3) is 8.38. The van der Waals surface area contributed by atoms with Gasteiger partial charge < -0.3 is 24.8 Å². The van der Waals surface area contributed by atoms with E-state index in [0.29, 0.717) is 31.5 Å². The number of halogens is 6. The van der Waals surface area contributed by atoms with Crippen molar-refractivity contribution in [1.82, 2.24) is 10.3 Å². The van der Waals surface area contributed by atoms with Crippen molar-refractivity contribution < 1.29 is 50.1 Å². The van der Waals surface area contributed by atoms with Crippen molar-refractivity contribution in [2.45, 2.75) is 63.5 Å². The summed E-state index contributed by atoms with van der Waals surface area (Å²) < 4.78 is 88.6. The third-order valence-electron chi connectivity index (χ3n) is 6.31. The van der Waals surface area contributed by atoms with Gasteiger partial charge in [-0.1, -0.05) is 18.2 Å². The number of nitrogens with one attached hydrogen (secondary N) is 2. The Morgan fingerprint density at radius 1 is 0.902 bits per heavy atom. The number of carbonyl (C=O) groups is 2. The lowest BCUT2D eigenvalue weighted by atomic mass is 9.91. The molecule has 0 radical (unpaired) electrons. The van der Waals surface area contributed by atoms with E-state index in [1.165, 1.54) is 0 Å². The standard InChI is InChI=1S/C27H25F6N3O5/c1-15-14-22(36-21-5-3-2-4-20(15)21)34-16-6-8-17(9-7-16)35-23(37)24(40-25(38)26(28,29)30)39-18-10-12-19(13-11-18)41-27(31,32)33/h2-5,10-14,16-17,24H,6-9H2,1H3,(H,34,36)(H,35,37). The van der Waals surface area contributed by atoms with Crippen LogP contribution in [0.3, 0.4) is 0 Å². The molecule has 1 amide bonds. The van der Waals surface area contributed by atoms with E-state index in [1.54, 1.807) is 0 Å². The Hall–Kier alpha value is -4.23. The highest BCUT2D eigenvalue weighted by Crippen LogP contribution is 2.27. The first-order chi connectivity index (χ1) is 19.3. The fraction of sp³-hybridized carbons (Fsp3) is 0.370. The molecule has 1 fully saturated rings. The number of nitrogens with zero attached hydrogens (tertiary/aromatic N) is 1. The normalized spacial score (nSPS) is 18.3. The van der Waals surface area contributed by atoms with E-state index in [1.807, 2.05) is 37.3 Å². The van der Waals surface area contributed by atoms with Crippen LogP contribution in [0.1, 0.15) is 31.2 Å². The van der Waals surface area contributed by atoms with Gasteiger partial charge in [-0.15, -0.1) is 13.2 Å². The number of fused-ring (bicyclic) bond motifs is 1. The molecule has 1 aromatic heterocycles. The number of hydrogen-bond acceptors (Lipinski definition) is 7. The van der Waals surface area contributed by atoms with E-state index < -0.39 is 42.5 Å². The second kappa shape index (κ2) is 12.1. The molecule has 1 aliphatic rings. The molecule has 2 aromatic carbocycles. The van der Waals surface area contributed by atoms with Crippen LogP contribution in [-0.4, -0.2) is 47.8 Å². The maximum Gasteiger partial charge on any atom is 0.573 e. The Bertz CT molecular complexity index is 1370. The fourth-order valence-corrected chi connectivity index (χ4v) is 4.42. The summed E-state index contributed by atoms with van der Waals surface area (Å²) in [5.74, 6) is -4.08. The zero-order valence-corrected chi connectivity index (χ0v) is 21.5. The maximum absolute atomic E-state index is 12.8. The quantitative estimate of drug-likeness (QED) is 0.196. The molecule has 14 heteroatoms. The van der Waals surface area contributed by atoms with Gasteiger partial charge in [0.1, 0.15) is 17.3 Å². The molecule has 0 bridgehead atoms. The fourth-order valence-electron chi connectivity index (χ4n) is 4.42. The van der Waals surface area contributed by atoms with Crippen molar-refractivity contribution >= 4 is 28.6 Å². The SMILES string of the molecule is Cc1cc(NC2CCC(NC(=O)C(OC(=O)C(F)(F)F)Oc3ccc(OC(F)(F)F)cc3)CC2)nc2ccccc12. The Kier molecular flexibility index (Phi) is 8.78. The van der Waals surface area contributed by atoms with Crippen LogP contribution in [0.25, 0.3) is 10.9 Å². The minimum Gasteiger partial charge on any atom is -0.446 e. The van der Waals surface area contributed by atoms with E-state index in [9.17, 15) is 35.9 Å². The van der Waals surface area contributed by atoms with Gasteiger partial charge in [-0.05, 0) is 74.6 Å². The van der Waals surface area contributed by atoms with E-state index in [-0.39, 0.29) is 11.8 Å². The van der Waals surface area contributed by atoms with E-state index >= 15 is 0 Å². The summed E-state index contributed by atoms with van der Waals surface area (Å²) in [5, 5.41) is 6.95. The highest BCUT2D eigenvalue weighted by Gasteiger charge is 2.44. The Labute approximate surface area is 230 Å². The molecule has 1 aliphatic carbocycles. The smallest absolute Gasteiger partial charge is 0.446 e. The van der Waals surface area contributed by atoms with Crippen molar-refractivity contribution in [1.29, 1.82) is 0 Å². The first-order valence-electron chi connectivity index (χ1n) is 12.5. The number of para-hydroxylation sites is 1. The van der Waals surface area contributed by atoms with Crippen molar-refractivity contribution in [2.75, 3.05) is 5.32 Å². The number of carbonyl (C=O) groups excluding carboxylic acids is 2. The minimum atomic E-state index is -5.41. The first kappa shape index (κ1) is 29.7. The van der Waals surface area contributed by atoms with Crippen molar-refractivity contribution in [3.63, 3.8) is 0 Å². The Balaban J connectivity index is 1.36. The number of ether oxygens (including phenoxy) is 3. The molecule has 0 aliphatic heterocycles. The predicted octanol–water partition coefficient (Wildman–Crippen LogP) is 5.79. The Morgan fingerprint density at radius 2 is 1.51 bits per heavy atom. The van der Waals surface area contributed by atoms with Crippen LogP contribution in [0.15, 0.2) is 54.6 Å². The van der Waals surface area contributed by atoms with Gasteiger partial charge in [0.15, 0.2) is 0 Å². The molecule has 1 atom stereocenters. The molecule has 0 spiro atoms. The Morgan fingerprint density at radius 3 is 2.15 bits per heavy atom. The maximum atomic E-state index is 12.8. The number of aromatic nitrogens is 1. The van der Waals surface area contributed by atoms with E-state index in [4.69, 9.17) is 4.74 Å². The number of alkyl halides is 6. The summed E-state index contributed by atoms with van der Waals surface area (Å²) in [5.41, 5.74) is 1.90. The van der Waals surface area contributed by atoms with Gasteiger partial charge in [-0.2, -0.15) is 13.2 Å². The number of pyridine rings is 1. The average molecular weight is 586 g/mol. The summed E-state index contributed by atoms with van der Waals surface area (Å²) in [7, 11) is 0. The van der Waals surface area contributed by atoms with Gasteiger partial charge in [0.25, 0.3) is 0 Å². The average Bonchev–Trinajstić information content (AvgIpc) is 2.89. The molecule has 8 nitrogen and oxygen atoms in total. The van der Waals surface area contributed by atoms with Crippen LogP contribution < -0.4 is 20.1 Å². The van der Waals surface area contributed by atoms with Crippen molar-refractivity contribution in [3.8, 4) is 11.5 Å². The number of aryl methyl sites for hydroxylation is 1. The predicted molar refractivity (Wildman–Crippen MR) is 134 cm³/mol. The number of rotatable bonds is 8. The zero-order valence-electron chi connectivity index (χ0n) is 21.5. The summed E-state index contributed by atoms with van der Waals surface area (Å²) in [6.45, 7) is 1.98. The van der Waals surface area contributed by atoms with Gasteiger partial charge >= 0.3 is 30.7 Å². The summed E-state index contributed by atoms with van der Waals surface area (Å²) in [6.07, 6.45) is -10.6. The first-order valence-corrected chi connectivity index (χ1v) is 12.5. The number of esters is 1. The van der Waals surface area contributed by atoms with Gasteiger partial charge in [-0.3, -0.25) is 4.79 Å². The van der Waals surface area contributed by atoms with E-state index in [0.717, 1.165) is 40.7 Å². The van der Waals surface area contributed by atoms with Crippen LogP contribution in [0.4, 0.5) is 32.2 Å². The topological polar surface area (TPSA) is 98.8 Å². The highest BCUT2D eigenvalue weighted by atomic mass is 19.4. The molecule has 1 unspecified atom stereocenters. The van der Waals surface area contributed by atoms with Crippen LogP contribution >= 0.6 is 0 Å². The number of anilines is 1. The second-order valence-corrected chi connectivity index (χ2v) is 9.42. The lowest BCUT2D eigenvalue weighted by Gasteiger charge is -2.31. The molecule has 41 heavy (non-hydrogen) atoms. The van der Waals surface area contributed by atoms with Crippen molar-refractivity contribution in [2.24, 2.45) is 0 Å². The summed E-state index contributed by atoms with van der Waals surface area (Å²) in [6, 6.07) is 12.7. The molecule has 2 N–H and O–H groups in total. The lowest BCUT2D eigenvalue weighted by Crippen LogP contribution is -2.48. The van der Waals surface area contributed by atoms with Gasteiger partial charge in [0, 0.05) is 17.5 Å². The molecule has 220 valence electrons. The molecular weight excluding hydrogens is 560 g/mol. The molecular formula is C27H25F6N3O5. The lowest BCUT2D eigenvalue weighted by molar-refractivity contribution is -0.274.